The zero-order valence-electron chi connectivity index (χ0n) is 10.6. The molecule has 2 aromatic heterocycles. The van der Waals surface area contributed by atoms with Crippen LogP contribution in [0, 0.1) is 0 Å². The van der Waals surface area contributed by atoms with Crippen LogP contribution in [0.15, 0.2) is 39.5 Å². The van der Waals surface area contributed by atoms with E-state index in [9.17, 15) is 0 Å². The smallest absolute Gasteiger partial charge is 0.213 e. The number of nitrogens with zero attached hydrogens (tertiary/aromatic N) is 1. The highest BCUT2D eigenvalue weighted by molar-refractivity contribution is 9.10. The van der Waals surface area contributed by atoms with Crippen molar-refractivity contribution in [2.24, 2.45) is 0 Å². The summed E-state index contributed by atoms with van der Waals surface area (Å²) in [5.74, 6) is 1.43. The first-order valence-electron chi connectivity index (χ1n) is 5.83. The monoisotopic (exact) mass is 326 g/mol. The van der Waals surface area contributed by atoms with Gasteiger partial charge in [0.25, 0.3) is 0 Å². The van der Waals surface area contributed by atoms with E-state index in [1.807, 2.05) is 18.2 Å². The largest absolute Gasteiger partial charge is 0.475 e. The molecule has 0 radical (unpaired) electrons. The average Bonchev–Trinajstić information content (AvgIpc) is 2.84. The quantitative estimate of drug-likeness (QED) is 0.792. The molecule has 0 spiro atoms. The molecule has 0 aliphatic carbocycles. The van der Waals surface area contributed by atoms with Gasteiger partial charge in [0.05, 0.1) is 35.8 Å². The fourth-order valence-electron chi connectivity index (χ4n) is 1.43. The number of hydrogen-bond acceptors (Lipinski definition) is 5. The molecule has 1 N–H and O–H groups in total. The van der Waals surface area contributed by atoms with E-state index in [0.717, 1.165) is 15.9 Å². The number of halogens is 1. The van der Waals surface area contributed by atoms with Crippen LogP contribution in [0.25, 0.3) is 0 Å². The average molecular weight is 327 g/mol. The molecule has 0 saturated heterocycles. The highest BCUT2D eigenvalue weighted by Crippen LogP contribution is 2.19. The van der Waals surface area contributed by atoms with Crippen molar-refractivity contribution >= 4 is 21.6 Å². The molecule has 2 heterocycles. The molecule has 5 nitrogen and oxygen atoms in total. The number of nitrogens with one attached hydrogen (secondary N) is 1. The summed E-state index contributed by atoms with van der Waals surface area (Å²) >= 11 is 3.41. The van der Waals surface area contributed by atoms with Crippen LogP contribution in [-0.2, 0) is 11.3 Å². The zero-order valence-corrected chi connectivity index (χ0v) is 12.1. The fraction of sp³-hybridized carbons (Fsp3) is 0.308. The first-order chi connectivity index (χ1) is 9.29. The lowest BCUT2D eigenvalue weighted by Gasteiger charge is -2.07. The van der Waals surface area contributed by atoms with Crippen molar-refractivity contribution in [3.05, 3.63) is 40.9 Å². The summed E-state index contributed by atoms with van der Waals surface area (Å²) in [5, 5.41) is 3.22. The minimum atomic E-state index is 0.496. The normalized spacial score (nSPS) is 10.4. The number of hydrogen-bond donors (Lipinski definition) is 1. The third kappa shape index (κ3) is 4.25. The molecular formula is C13H15BrN2O3. The summed E-state index contributed by atoms with van der Waals surface area (Å²) in [6.07, 6.45) is 3.37. The molecule has 0 aromatic carbocycles. The van der Waals surface area contributed by atoms with Crippen molar-refractivity contribution in [2.45, 2.75) is 6.54 Å². The molecule has 2 aromatic rings. The second-order valence-electron chi connectivity index (χ2n) is 3.77. The topological polar surface area (TPSA) is 56.5 Å². The van der Waals surface area contributed by atoms with Crippen LogP contribution in [0.3, 0.4) is 0 Å². The molecular weight excluding hydrogens is 312 g/mol. The van der Waals surface area contributed by atoms with Gasteiger partial charge in [0.15, 0.2) is 0 Å². The molecule has 0 unspecified atom stereocenters. The summed E-state index contributed by atoms with van der Waals surface area (Å²) in [4.78, 5) is 4.19. The van der Waals surface area contributed by atoms with E-state index in [0.29, 0.717) is 25.6 Å². The highest BCUT2D eigenvalue weighted by atomic mass is 79.9. The SMILES string of the molecule is COCCOc1ccc(NCc2occc2Br)cn1. The predicted octanol–water partition coefficient (Wildman–Crippen LogP) is 3.07. The molecule has 2 rings (SSSR count). The van der Waals surface area contributed by atoms with Gasteiger partial charge in [-0.05, 0) is 28.1 Å². The lowest BCUT2D eigenvalue weighted by Crippen LogP contribution is -2.05. The number of aromatic nitrogens is 1. The number of rotatable bonds is 7. The van der Waals surface area contributed by atoms with Gasteiger partial charge in [-0.15, -0.1) is 0 Å². The molecule has 0 fully saturated rings. The summed E-state index contributed by atoms with van der Waals surface area (Å²) in [5.41, 5.74) is 0.905. The van der Waals surface area contributed by atoms with Crippen molar-refractivity contribution in [1.29, 1.82) is 0 Å². The first kappa shape index (κ1) is 13.9. The molecule has 6 heteroatoms. The highest BCUT2D eigenvalue weighted by Gasteiger charge is 2.03. The van der Waals surface area contributed by atoms with Crippen molar-refractivity contribution in [2.75, 3.05) is 25.6 Å². The van der Waals surface area contributed by atoms with Gasteiger partial charge in [-0.1, -0.05) is 0 Å². The van der Waals surface area contributed by atoms with Crippen molar-refractivity contribution in [1.82, 2.24) is 4.98 Å². The minimum Gasteiger partial charge on any atom is -0.475 e. The summed E-state index contributed by atoms with van der Waals surface area (Å²) in [6.45, 7) is 1.64. The minimum absolute atomic E-state index is 0.496. The van der Waals surface area contributed by atoms with Gasteiger partial charge in [-0.25, -0.2) is 4.98 Å². The Balaban J connectivity index is 1.83. The Kier molecular flexibility index (Phi) is 5.23. The Morgan fingerprint density at radius 2 is 2.21 bits per heavy atom. The molecule has 0 aliphatic rings. The molecule has 0 aliphatic heterocycles. The lowest BCUT2D eigenvalue weighted by molar-refractivity contribution is 0.144. The Morgan fingerprint density at radius 3 is 2.84 bits per heavy atom. The van der Waals surface area contributed by atoms with Gasteiger partial charge in [-0.2, -0.15) is 0 Å². The van der Waals surface area contributed by atoms with Gasteiger partial charge in [0.2, 0.25) is 5.88 Å². The number of ether oxygens (including phenoxy) is 2. The standard InChI is InChI=1S/C13H15BrN2O3/c1-17-6-7-19-13-3-2-10(8-16-13)15-9-12-11(14)4-5-18-12/h2-5,8,15H,6-7,9H2,1H3. The van der Waals surface area contributed by atoms with Gasteiger partial charge < -0.3 is 19.2 Å². The van der Waals surface area contributed by atoms with Gasteiger partial charge in [0.1, 0.15) is 12.4 Å². The van der Waals surface area contributed by atoms with E-state index in [4.69, 9.17) is 13.9 Å². The molecule has 102 valence electrons. The Morgan fingerprint density at radius 1 is 1.32 bits per heavy atom. The van der Waals surface area contributed by atoms with Crippen molar-refractivity contribution in [3.8, 4) is 5.88 Å². The number of methoxy groups -OCH3 is 1. The first-order valence-corrected chi connectivity index (χ1v) is 6.62. The maximum absolute atomic E-state index is 5.38. The maximum Gasteiger partial charge on any atom is 0.213 e. The second kappa shape index (κ2) is 7.16. The molecule has 0 amide bonds. The van der Waals surface area contributed by atoms with Crippen LogP contribution < -0.4 is 10.1 Å². The summed E-state index contributed by atoms with van der Waals surface area (Å²) in [7, 11) is 1.64. The molecule has 19 heavy (non-hydrogen) atoms. The molecule has 0 bridgehead atoms. The summed E-state index contributed by atoms with van der Waals surface area (Å²) in [6, 6.07) is 5.59. The molecule has 0 atom stereocenters. The van der Waals surface area contributed by atoms with E-state index < -0.39 is 0 Å². The van der Waals surface area contributed by atoms with E-state index >= 15 is 0 Å². The van der Waals surface area contributed by atoms with Gasteiger partial charge in [-0.3, -0.25) is 0 Å². The van der Waals surface area contributed by atoms with Crippen LogP contribution in [0.5, 0.6) is 5.88 Å². The zero-order chi connectivity index (χ0) is 13.5. The van der Waals surface area contributed by atoms with Crippen molar-refractivity contribution < 1.29 is 13.9 Å². The third-order valence-corrected chi connectivity index (χ3v) is 3.12. The van der Waals surface area contributed by atoms with E-state index in [1.165, 1.54) is 0 Å². The van der Waals surface area contributed by atoms with Crippen LogP contribution in [0.2, 0.25) is 0 Å². The van der Waals surface area contributed by atoms with Crippen LogP contribution in [0.4, 0.5) is 5.69 Å². The third-order valence-electron chi connectivity index (χ3n) is 2.42. The Labute approximate surface area is 120 Å². The van der Waals surface area contributed by atoms with E-state index in [1.54, 1.807) is 19.6 Å². The van der Waals surface area contributed by atoms with Gasteiger partial charge in [0, 0.05) is 13.2 Å². The van der Waals surface area contributed by atoms with Gasteiger partial charge >= 0.3 is 0 Å². The number of furan rings is 1. The number of pyridine rings is 1. The van der Waals surface area contributed by atoms with Crippen LogP contribution in [-0.4, -0.2) is 25.3 Å². The van der Waals surface area contributed by atoms with Crippen molar-refractivity contribution in [3.63, 3.8) is 0 Å². The Hall–Kier alpha value is -1.53. The Bertz CT molecular complexity index is 499. The maximum atomic E-state index is 5.38. The van der Waals surface area contributed by atoms with E-state index in [2.05, 4.69) is 26.2 Å². The van der Waals surface area contributed by atoms with Crippen LogP contribution in [0.1, 0.15) is 5.76 Å². The van der Waals surface area contributed by atoms with E-state index in [-0.39, 0.29) is 0 Å². The predicted molar refractivity (Wildman–Crippen MR) is 75.3 cm³/mol. The lowest BCUT2D eigenvalue weighted by atomic mass is 10.4. The summed E-state index contributed by atoms with van der Waals surface area (Å²) < 4.78 is 16.5. The number of anilines is 1. The second-order valence-corrected chi connectivity index (χ2v) is 4.63. The molecule has 0 saturated carbocycles. The van der Waals surface area contributed by atoms with Crippen LogP contribution >= 0.6 is 15.9 Å². The fourth-order valence-corrected chi connectivity index (χ4v) is 1.77.